The van der Waals surface area contributed by atoms with Gasteiger partial charge in [0.05, 0.1) is 0 Å². The van der Waals surface area contributed by atoms with Crippen molar-refractivity contribution in [3.63, 3.8) is 0 Å². The second-order valence-electron chi connectivity index (χ2n) is 7.71. The largest absolute Gasteiger partial charge is 0.478 e. The van der Waals surface area contributed by atoms with E-state index in [0.29, 0.717) is 6.42 Å². The molecule has 0 amide bonds. The average Bonchev–Trinajstić information content (AvgIpc) is 2.66. The summed E-state index contributed by atoms with van der Waals surface area (Å²) in [6.07, 6.45) is 23.5. The summed E-state index contributed by atoms with van der Waals surface area (Å²) < 4.78 is 5.20. The zero-order valence-electron chi connectivity index (χ0n) is 18.1. The van der Waals surface area contributed by atoms with Crippen LogP contribution in [0, 0.1) is 12.0 Å². The van der Waals surface area contributed by atoms with Gasteiger partial charge >= 0.3 is 5.97 Å². The first-order valence-corrected chi connectivity index (χ1v) is 11.6. The van der Waals surface area contributed by atoms with E-state index < -0.39 is 12.1 Å². The Morgan fingerprint density at radius 1 is 0.741 bits per heavy atom. The molecule has 1 atom stereocenters. The summed E-state index contributed by atoms with van der Waals surface area (Å²) in [5.74, 6) is 1.99. The lowest BCUT2D eigenvalue weighted by Gasteiger charge is -2.09. The molecule has 0 aliphatic carbocycles. The van der Waals surface area contributed by atoms with Crippen LogP contribution >= 0.6 is 0 Å². The Balaban J connectivity index is 3.44. The predicted octanol–water partition coefficient (Wildman–Crippen LogP) is 7.48. The normalized spacial score (nSPS) is 11.6. The molecule has 0 aromatic rings. The van der Waals surface area contributed by atoms with Crippen LogP contribution in [0.2, 0.25) is 0 Å². The molecule has 0 aromatic carbocycles. The fourth-order valence-corrected chi connectivity index (χ4v) is 3.19. The summed E-state index contributed by atoms with van der Waals surface area (Å²) in [5, 5.41) is 9.19. The fourth-order valence-electron chi connectivity index (χ4n) is 3.19. The lowest BCUT2D eigenvalue weighted by atomic mass is 10.0. The van der Waals surface area contributed by atoms with E-state index in [1.54, 1.807) is 0 Å². The zero-order chi connectivity index (χ0) is 20.0. The van der Waals surface area contributed by atoms with Crippen LogP contribution in [0.15, 0.2) is 0 Å². The van der Waals surface area contributed by atoms with Crippen molar-refractivity contribution in [2.75, 3.05) is 0 Å². The smallest absolute Gasteiger partial charge is 0.346 e. The number of hydrogen-bond donors (Lipinski definition) is 1. The molecular weight excluding hydrogens is 336 g/mol. The van der Waals surface area contributed by atoms with Gasteiger partial charge in [-0.15, -0.1) is 0 Å². The lowest BCUT2D eigenvalue weighted by Crippen LogP contribution is -2.21. The maximum absolute atomic E-state index is 11.2. The van der Waals surface area contributed by atoms with Gasteiger partial charge < -0.3 is 9.84 Å². The monoisotopic (exact) mass is 380 g/mol. The maximum atomic E-state index is 11.2. The number of unbranched alkanes of at least 4 members (excludes halogenated alkanes) is 15. The molecule has 3 nitrogen and oxygen atoms in total. The Morgan fingerprint density at radius 2 is 1.19 bits per heavy atom. The number of rotatable bonds is 19. The van der Waals surface area contributed by atoms with Gasteiger partial charge in [-0.05, 0) is 19.3 Å². The summed E-state index contributed by atoms with van der Waals surface area (Å²) in [6.45, 7) is 4.38. The first-order chi connectivity index (χ1) is 13.2. The van der Waals surface area contributed by atoms with Gasteiger partial charge in [0.25, 0.3) is 0 Å². The third kappa shape index (κ3) is 19.4. The minimum Gasteiger partial charge on any atom is -0.478 e. The fraction of sp³-hybridized carbons (Fsp3) is 0.875. The quantitative estimate of drug-likeness (QED) is 0.187. The minimum atomic E-state index is -0.894. The molecule has 27 heavy (non-hydrogen) atoms. The lowest BCUT2D eigenvalue weighted by molar-refractivity contribution is -0.146. The van der Waals surface area contributed by atoms with Crippen molar-refractivity contribution >= 4 is 5.97 Å². The van der Waals surface area contributed by atoms with Crippen LogP contribution in [0.25, 0.3) is 0 Å². The summed E-state index contributed by atoms with van der Waals surface area (Å²) in [7, 11) is 0. The molecule has 0 aromatic heterocycles. The van der Waals surface area contributed by atoms with Crippen molar-refractivity contribution in [3.05, 3.63) is 0 Å². The molecular formula is C24H44O3. The predicted molar refractivity (Wildman–Crippen MR) is 115 cm³/mol. The number of carboxylic acids is 1. The van der Waals surface area contributed by atoms with Gasteiger partial charge in [0.15, 0.2) is 0 Å². The van der Waals surface area contributed by atoms with E-state index in [4.69, 9.17) is 4.74 Å². The Bertz CT molecular complexity index is 381. The highest BCUT2D eigenvalue weighted by atomic mass is 16.5. The Labute approximate surface area is 168 Å². The van der Waals surface area contributed by atoms with Gasteiger partial charge in [0, 0.05) is 6.42 Å². The molecule has 1 N–H and O–H groups in total. The van der Waals surface area contributed by atoms with Crippen LogP contribution < -0.4 is 0 Å². The highest BCUT2D eigenvalue weighted by molar-refractivity contribution is 5.72. The van der Waals surface area contributed by atoms with Crippen molar-refractivity contribution in [2.24, 2.45) is 0 Å². The van der Waals surface area contributed by atoms with E-state index in [0.717, 1.165) is 32.1 Å². The summed E-state index contributed by atoms with van der Waals surface area (Å²) in [4.78, 5) is 11.2. The first kappa shape index (κ1) is 25.8. The van der Waals surface area contributed by atoms with Gasteiger partial charge in [-0.3, -0.25) is 0 Å². The second-order valence-corrected chi connectivity index (χ2v) is 7.71. The van der Waals surface area contributed by atoms with E-state index >= 15 is 0 Å². The third-order valence-electron chi connectivity index (χ3n) is 5.02. The van der Waals surface area contributed by atoms with Gasteiger partial charge in [0.2, 0.25) is 6.10 Å². The molecule has 0 heterocycles. The molecule has 0 bridgehead atoms. The van der Waals surface area contributed by atoms with Crippen molar-refractivity contribution in [1.29, 1.82) is 0 Å². The molecule has 0 spiro atoms. The summed E-state index contributed by atoms with van der Waals surface area (Å²) in [5.41, 5.74) is 0. The molecule has 0 saturated heterocycles. The Hall–Kier alpha value is -1.17. The highest BCUT2D eigenvalue weighted by Crippen LogP contribution is 2.14. The summed E-state index contributed by atoms with van der Waals surface area (Å²) >= 11 is 0. The van der Waals surface area contributed by atoms with Crippen molar-refractivity contribution in [2.45, 2.75) is 136 Å². The van der Waals surface area contributed by atoms with Crippen LogP contribution in [0.3, 0.4) is 0 Å². The minimum absolute atomic E-state index is 0.565. The summed E-state index contributed by atoms with van der Waals surface area (Å²) in [6, 6.07) is 0. The molecule has 0 radical (unpaired) electrons. The third-order valence-corrected chi connectivity index (χ3v) is 5.02. The van der Waals surface area contributed by atoms with Gasteiger partial charge in [-0.25, -0.2) is 4.79 Å². The SMILES string of the molecule is CCCCC#COC(CCCCCCCCCCCCCCCC)C(=O)O. The Kier molecular flexibility index (Phi) is 20.2. The Morgan fingerprint density at radius 3 is 1.63 bits per heavy atom. The van der Waals surface area contributed by atoms with E-state index in [1.165, 1.54) is 77.0 Å². The molecule has 3 heteroatoms. The van der Waals surface area contributed by atoms with Gasteiger partial charge in [-0.1, -0.05) is 110 Å². The van der Waals surface area contributed by atoms with E-state index in [9.17, 15) is 9.90 Å². The highest BCUT2D eigenvalue weighted by Gasteiger charge is 2.17. The second kappa shape index (κ2) is 21.1. The number of ether oxygens (including phenoxy) is 1. The number of aliphatic carboxylic acids is 1. The van der Waals surface area contributed by atoms with Crippen LogP contribution in [0.4, 0.5) is 0 Å². The molecule has 1 unspecified atom stereocenters. The number of carbonyl (C=O) groups is 1. The van der Waals surface area contributed by atoms with Crippen molar-refractivity contribution < 1.29 is 14.6 Å². The number of carboxylic acid groups (broad SMARTS) is 1. The van der Waals surface area contributed by atoms with Crippen LogP contribution in [-0.4, -0.2) is 17.2 Å². The zero-order valence-corrected chi connectivity index (χ0v) is 18.1. The van der Waals surface area contributed by atoms with Crippen molar-refractivity contribution in [1.82, 2.24) is 0 Å². The standard InChI is InChI=1S/C24H44O3/c1-3-5-7-9-10-11-12-13-14-15-16-17-18-19-21-23(24(25)26)27-22-20-8-6-4-2/h23H,3-19,21H2,1-2H3,(H,25,26). The maximum Gasteiger partial charge on any atom is 0.346 e. The van der Waals surface area contributed by atoms with E-state index in [2.05, 4.69) is 25.9 Å². The first-order valence-electron chi connectivity index (χ1n) is 11.6. The van der Waals surface area contributed by atoms with E-state index in [-0.39, 0.29) is 0 Å². The van der Waals surface area contributed by atoms with Crippen LogP contribution in [-0.2, 0) is 9.53 Å². The van der Waals surface area contributed by atoms with Crippen LogP contribution in [0.5, 0.6) is 0 Å². The molecule has 0 aliphatic rings. The molecule has 0 fully saturated rings. The van der Waals surface area contributed by atoms with Crippen LogP contribution in [0.1, 0.15) is 129 Å². The average molecular weight is 381 g/mol. The topological polar surface area (TPSA) is 46.5 Å². The molecule has 0 aliphatic heterocycles. The molecule has 0 saturated carbocycles. The van der Waals surface area contributed by atoms with Gasteiger partial charge in [-0.2, -0.15) is 0 Å². The molecule has 158 valence electrons. The van der Waals surface area contributed by atoms with E-state index in [1.807, 2.05) is 0 Å². The molecule has 0 rings (SSSR count). The van der Waals surface area contributed by atoms with Crippen molar-refractivity contribution in [3.8, 4) is 12.0 Å². The van der Waals surface area contributed by atoms with Gasteiger partial charge in [0.1, 0.15) is 6.11 Å². The number of hydrogen-bond acceptors (Lipinski definition) is 2.